The van der Waals surface area contributed by atoms with Gasteiger partial charge in [-0.1, -0.05) is 25.5 Å². The highest BCUT2D eigenvalue weighted by molar-refractivity contribution is 7.99. The minimum Gasteiger partial charge on any atom is -0.339 e. The van der Waals surface area contributed by atoms with Crippen molar-refractivity contribution in [1.82, 2.24) is 4.90 Å². The highest BCUT2D eigenvalue weighted by Crippen LogP contribution is 2.16. The number of hydrogen-bond acceptors (Lipinski definition) is 3. The topological polar surface area (TPSA) is 49.4 Å². The molecule has 0 saturated heterocycles. The van der Waals surface area contributed by atoms with Crippen LogP contribution < -0.4 is 5.32 Å². The number of nitrogens with zero attached hydrogens (tertiary/aromatic N) is 1. The van der Waals surface area contributed by atoms with E-state index in [2.05, 4.69) is 12.2 Å². The average Bonchev–Trinajstić information content (AvgIpc) is 2.70. The van der Waals surface area contributed by atoms with Crippen molar-refractivity contribution in [2.75, 3.05) is 24.2 Å². The second-order valence-electron chi connectivity index (χ2n) is 6.48. The van der Waals surface area contributed by atoms with E-state index in [1.54, 1.807) is 0 Å². The molecule has 0 fully saturated rings. The molecular weight excluding hydrogens is 375 g/mol. The van der Waals surface area contributed by atoms with E-state index < -0.39 is 0 Å². The molecule has 150 valence electrons. The third-order valence-electron chi connectivity index (χ3n) is 4.28. The van der Waals surface area contributed by atoms with Gasteiger partial charge in [-0.05, 0) is 55.3 Å². The summed E-state index contributed by atoms with van der Waals surface area (Å²) in [5.41, 5.74) is 2.34. The molecule has 2 rings (SSSR count). The number of hydrogen-bond donors (Lipinski definition) is 1. The fourth-order valence-corrected chi connectivity index (χ4v) is 3.46. The van der Waals surface area contributed by atoms with Crippen molar-refractivity contribution in [3.05, 3.63) is 65.5 Å². The van der Waals surface area contributed by atoms with Crippen molar-refractivity contribution in [2.45, 2.75) is 32.4 Å². The van der Waals surface area contributed by atoms with E-state index in [0.717, 1.165) is 24.9 Å². The molecule has 0 aliphatic carbocycles. The van der Waals surface area contributed by atoms with Crippen molar-refractivity contribution in [2.24, 2.45) is 0 Å². The third kappa shape index (κ3) is 7.00. The van der Waals surface area contributed by atoms with Gasteiger partial charge in [0.1, 0.15) is 5.82 Å². The number of carbonyl (C=O) groups excluding carboxylic acids is 2. The van der Waals surface area contributed by atoms with Gasteiger partial charge in [0.05, 0.1) is 5.75 Å². The van der Waals surface area contributed by atoms with Gasteiger partial charge in [0.2, 0.25) is 5.91 Å². The largest absolute Gasteiger partial charge is 0.339 e. The van der Waals surface area contributed by atoms with Crippen LogP contribution in [0.5, 0.6) is 0 Å². The highest BCUT2D eigenvalue weighted by atomic mass is 32.2. The van der Waals surface area contributed by atoms with Crippen molar-refractivity contribution < 1.29 is 14.0 Å². The maximum Gasteiger partial charge on any atom is 0.253 e. The molecule has 4 nitrogen and oxygen atoms in total. The van der Waals surface area contributed by atoms with E-state index >= 15 is 0 Å². The van der Waals surface area contributed by atoms with E-state index in [1.165, 1.54) is 36.0 Å². The van der Waals surface area contributed by atoms with Gasteiger partial charge in [0.25, 0.3) is 5.91 Å². The molecule has 0 spiro atoms. The minimum absolute atomic E-state index is 0.0637. The fraction of sp³-hybridized carbons (Fsp3) is 0.364. The van der Waals surface area contributed by atoms with Gasteiger partial charge >= 0.3 is 0 Å². The lowest BCUT2D eigenvalue weighted by Gasteiger charge is -2.20. The summed E-state index contributed by atoms with van der Waals surface area (Å²) in [6.07, 6.45) is 2.07. The van der Waals surface area contributed by atoms with Gasteiger partial charge in [-0.2, -0.15) is 0 Å². The molecule has 0 aliphatic rings. The summed E-state index contributed by atoms with van der Waals surface area (Å²) < 4.78 is 12.9. The smallest absolute Gasteiger partial charge is 0.253 e. The number of nitrogens with one attached hydrogen (secondary N) is 1. The Bertz CT molecular complexity index is 763. The molecule has 0 radical (unpaired) electrons. The molecule has 2 aromatic carbocycles. The Morgan fingerprint density at radius 3 is 2.32 bits per heavy atom. The molecule has 0 aromatic heterocycles. The average molecular weight is 403 g/mol. The van der Waals surface area contributed by atoms with Crippen LogP contribution in [0.1, 0.15) is 42.6 Å². The summed E-state index contributed by atoms with van der Waals surface area (Å²) in [5, 5.41) is 2.74. The molecule has 2 amide bonds. The standard InChI is InChI=1S/C22H27FN2O2S/c1-3-5-14-25(4-2)22(27)18-8-6-17(7-9-18)15-28-16-21(26)24-20-12-10-19(23)11-13-20/h6-13H,3-5,14-16H2,1-2H3,(H,24,26). The van der Waals surface area contributed by atoms with Crippen LogP contribution in [0.25, 0.3) is 0 Å². The molecule has 0 saturated carbocycles. The van der Waals surface area contributed by atoms with E-state index in [-0.39, 0.29) is 17.6 Å². The van der Waals surface area contributed by atoms with Gasteiger partial charge in [-0.15, -0.1) is 11.8 Å². The summed E-state index contributed by atoms with van der Waals surface area (Å²) in [6, 6.07) is 13.3. The normalized spacial score (nSPS) is 10.5. The van der Waals surface area contributed by atoms with E-state index in [9.17, 15) is 14.0 Å². The molecule has 6 heteroatoms. The van der Waals surface area contributed by atoms with Crippen LogP contribution in [-0.4, -0.2) is 35.6 Å². The van der Waals surface area contributed by atoms with Crippen molar-refractivity contribution in [3.8, 4) is 0 Å². The maximum atomic E-state index is 12.9. The first-order valence-corrected chi connectivity index (χ1v) is 10.7. The molecule has 0 bridgehead atoms. The second kappa shape index (κ2) is 11.5. The van der Waals surface area contributed by atoms with Gasteiger partial charge in [-0.3, -0.25) is 9.59 Å². The lowest BCUT2D eigenvalue weighted by Crippen LogP contribution is -2.31. The zero-order valence-electron chi connectivity index (χ0n) is 16.4. The van der Waals surface area contributed by atoms with E-state index in [1.807, 2.05) is 36.1 Å². The third-order valence-corrected chi connectivity index (χ3v) is 5.29. The molecule has 0 atom stereocenters. The summed E-state index contributed by atoms with van der Waals surface area (Å²) in [4.78, 5) is 26.4. The number of benzene rings is 2. The predicted octanol–water partition coefficient (Wildman–Crippen LogP) is 4.96. The van der Waals surface area contributed by atoms with Crippen LogP contribution in [0, 0.1) is 5.82 Å². The molecular formula is C22H27FN2O2S. The Labute approximate surface area is 170 Å². The number of halogens is 1. The monoisotopic (exact) mass is 402 g/mol. The molecule has 0 heterocycles. The lowest BCUT2D eigenvalue weighted by atomic mass is 10.1. The number of amides is 2. The molecule has 2 aromatic rings. The van der Waals surface area contributed by atoms with E-state index in [0.29, 0.717) is 29.3 Å². The first kappa shape index (κ1) is 22.0. The Kier molecular flexibility index (Phi) is 9.01. The quantitative estimate of drug-likeness (QED) is 0.611. The maximum absolute atomic E-state index is 12.9. The number of rotatable bonds is 10. The van der Waals surface area contributed by atoms with Crippen LogP contribution in [0.2, 0.25) is 0 Å². The predicted molar refractivity (Wildman–Crippen MR) is 114 cm³/mol. The van der Waals surface area contributed by atoms with Crippen LogP contribution in [-0.2, 0) is 10.5 Å². The van der Waals surface area contributed by atoms with Gasteiger partial charge in [0, 0.05) is 30.1 Å². The van der Waals surface area contributed by atoms with Crippen LogP contribution in [0.4, 0.5) is 10.1 Å². The molecule has 28 heavy (non-hydrogen) atoms. The van der Waals surface area contributed by atoms with Gasteiger partial charge in [0.15, 0.2) is 0 Å². The van der Waals surface area contributed by atoms with E-state index in [4.69, 9.17) is 0 Å². The van der Waals surface area contributed by atoms with Gasteiger partial charge in [-0.25, -0.2) is 4.39 Å². The highest BCUT2D eigenvalue weighted by Gasteiger charge is 2.13. The number of carbonyl (C=O) groups is 2. The molecule has 1 N–H and O–H groups in total. The second-order valence-corrected chi connectivity index (χ2v) is 7.47. The van der Waals surface area contributed by atoms with Crippen LogP contribution >= 0.6 is 11.8 Å². The Morgan fingerprint density at radius 2 is 1.71 bits per heavy atom. The minimum atomic E-state index is -0.332. The van der Waals surface area contributed by atoms with Crippen LogP contribution in [0.3, 0.4) is 0 Å². The fourth-order valence-electron chi connectivity index (χ4n) is 2.67. The first-order chi connectivity index (χ1) is 13.5. The Morgan fingerprint density at radius 1 is 1.04 bits per heavy atom. The number of thioether (sulfide) groups is 1. The van der Waals surface area contributed by atoms with Crippen LogP contribution in [0.15, 0.2) is 48.5 Å². The number of unbranched alkanes of at least 4 members (excludes halogenated alkanes) is 1. The summed E-state index contributed by atoms with van der Waals surface area (Å²) in [7, 11) is 0. The Balaban J connectivity index is 1.79. The zero-order chi connectivity index (χ0) is 20.4. The SMILES string of the molecule is CCCCN(CC)C(=O)c1ccc(CSCC(=O)Nc2ccc(F)cc2)cc1. The number of anilines is 1. The van der Waals surface area contributed by atoms with Gasteiger partial charge < -0.3 is 10.2 Å². The van der Waals surface area contributed by atoms with Crippen molar-refractivity contribution >= 4 is 29.3 Å². The Hall–Kier alpha value is -2.34. The van der Waals surface area contributed by atoms with Crippen molar-refractivity contribution in [1.29, 1.82) is 0 Å². The summed E-state index contributed by atoms with van der Waals surface area (Å²) in [5.74, 6) is 0.589. The lowest BCUT2D eigenvalue weighted by molar-refractivity contribution is -0.113. The summed E-state index contributed by atoms with van der Waals surface area (Å²) in [6.45, 7) is 5.60. The summed E-state index contributed by atoms with van der Waals surface area (Å²) >= 11 is 1.49. The molecule has 0 aliphatic heterocycles. The zero-order valence-corrected chi connectivity index (χ0v) is 17.2. The first-order valence-electron chi connectivity index (χ1n) is 9.54. The van der Waals surface area contributed by atoms with Crippen molar-refractivity contribution in [3.63, 3.8) is 0 Å². The molecule has 0 unspecified atom stereocenters.